The van der Waals surface area contributed by atoms with Crippen LogP contribution < -0.4 is 40.3 Å². The predicted octanol–water partition coefficient (Wildman–Crippen LogP) is 5.96. The van der Waals surface area contributed by atoms with E-state index >= 15 is 4.39 Å². The molecule has 5 fully saturated rings. The van der Waals surface area contributed by atoms with E-state index in [1.807, 2.05) is 6.92 Å². The topological polar surface area (TPSA) is 176 Å². The molecule has 1 aromatic heterocycles. The Labute approximate surface area is 380 Å². The second-order valence-corrected chi connectivity index (χ2v) is 19.3. The molecule has 17 heteroatoms. The van der Waals surface area contributed by atoms with Gasteiger partial charge in [-0.05, 0) is 112 Å². The molecule has 2 aromatic carbocycles. The van der Waals surface area contributed by atoms with Crippen LogP contribution >= 0.6 is 0 Å². The van der Waals surface area contributed by atoms with Crippen molar-refractivity contribution in [2.75, 3.05) is 84.9 Å². The molecular weight excluding hydrogens is 832 g/mol. The summed E-state index contributed by atoms with van der Waals surface area (Å²) in [6.45, 7) is 6.84. The van der Waals surface area contributed by atoms with Crippen molar-refractivity contribution in [1.29, 1.82) is 0 Å². The molecule has 5 heterocycles. The number of likely N-dealkylation sites (N-methyl/N-ethyl adjacent to an activating group) is 1. The zero-order valence-electron chi connectivity index (χ0n) is 37.9. The summed E-state index contributed by atoms with van der Waals surface area (Å²) in [6, 6.07) is 9.62. The summed E-state index contributed by atoms with van der Waals surface area (Å²) in [4.78, 5) is 70.5. The summed E-state index contributed by atoms with van der Waals surface area (Å²) < 4.78 is 21.1. The van der Waals surface area contributed by atoms with Crippen molar-refractivity contribution >= 4 is 58.3 Å². The van der Waals surface area contributed by atoms with Crippen molar-refractivity contribution in [3.63, 3.8) is 0 Å². The van der Waals surface area contributed by atoms with E-state index in [0.717, 1.165) is 103 Å². The first-order valence-corrected chi connectivity index (χ1v) is 23.6. The van der Waals surface area contributed by atoms with Gasteiger partial charge in [-0.25, -0.2) is 14.2 Å². The van der Waals surface area contributed by atoms with Crippen LogP contribution in [-0.2, 0) is 9.59 Å². The van der Waals surface area contributed by atoms with Crippen molar-refractivity contribution in [2.24, 2.45) is 11.3 Å². The Morgan fingerprint density at radius 1 is 0.985 bits per heavy atom. The summed E-state index contributed by atoms with van der Waals surface area (Å²) in [5.41, 5.74) is 2.45. The molecule has 6 aliphatic rings. The van der Waals surface area contributed by atoms with Crippen LogP contribution in [0.5, 0.6) is 5.75 Å². The Balaban J connectivity index is 0.773. The maximum Gasteiger partial charge on any atom is 0.328 e. The first-order chi connectivity index (χ1) is 31.4. The van der Waals surface area contributed by atoms with E-state index in [2.05, 4.69) is 35.6 Å². The largest absolute Gasteiger partial charge is 0.495 e. The van der Waals surface area contributed by atoms with Crippen LogP contribution in [0.2, 0.25) is 0 Å². The van der Waals surface area contributed by atoms with Gasteiger partial charge < -0.3 is 40.1 Å². The van der Waals surface area contributed by atoms with Crippen molar-refractivity contribution in [3.8, 4) is 5.75 Å². The van der Waals surface area contributed by atoms with Gasteiger partial charge in [0, 0.05) is 82.2 Å². The van der Waals surface area contributed by atoms with E-state index in [1.54, 1.807) is 55.6 Å². The smallest absolute Gasteiger partial charge is 0.328 e. The monoisotopic (exact) mass is 894 g/mol. The number of carbonyl (C=O) groups excluding carboxylic acids is 4. The zero-order valence-corrected chi connectivity index (χ0v) is 37.9. The van der Waals surface area contributed by atoms with E-state index < -0.39 is 11.6 Å². The van der Waals surface area contributed by atoms with Crippen LogP contribution in [0.3, 0.4) is 0 Å². The number of methoxy groups -OCH3 is 1. The number of likely N-dealkylation sites (tertiary alicyclic amines) is 1. The molecule has 2 aliphatic carbocycles. The molecule has 16 nitrogen and oxygen atoms in total. The minimum Gasteiger partial charge on any atom is -0.495 e. The molecule has 0 bridgehead atoms. The second kappa shape index (κ2) is 18.4. The number of aromatic nitrogens is 2. The SMILES string of the molecule is CC[C@@H]1C(=O)N(C)c2cnc(Nc3ccc(C(=O)NC4(CCO)CCC5(CC4)CN(CC4CCN(c6ccc(N7CCC(=O)NC7=O)cc6F)CC4)C5)cc3OC)nc2N1C1CCCC1. The molecule has 0 unspecified atom stereocenters. The lowest BCUT2D eigenvalue weighted by atomic mass is 9.62. The van der Waals surface area contributed by atoms with E-state index in [0.29, 0.717) is 58.8 Å². The molecule has 3 aromatic rings. The molecule has 348 valence electrons. The fourth-order valence-electron chi connectivity index (χ4n) is 11.5. The molecule has 3 saturated heterocycles. The quantitative estimate of drug-likeness (QED) is 0.159. The van der Waals surface area contributed by atoms with Gasteiger partial charge in [-0.3, -0.25) is 24.6 Å². The molecule has 4 N–H and O–H groups in total. The number of benzene rings is 2. The van der Waals surface area contributed by atoms with Gasteiger partial charge in [0.05, 0.1) is 24.7 Å². The highest BCUT2D eigenvalue weighted by Gasteiger charge is 2.50. The van der Waals surface area contributed by atoms with Crippen LogP contribution in [0, 0.1) is 17.2 Å². The van der Waals surface area contributed by atoms with Gasteiger partial charge >= 0.3 is 6.03 Å². The highest BCUT2D eigenvalue weighted by atomic mass is 19.1. The normalized spacial score (nSPS) is 22.5. The van der Waals surface area contributed by atoms with Crippen LogP contribution in [0.4, 0.5) is 43.7 Å². The number of piperidine rings is 1. The number of ether oxygens (including phenoxy) is 1. The lowest BCUT2D eigenvalue weighted by Crippen LogP contribution is -2.62. The number of halogens is 1. The maximum atomic E-state index is 15.3. The Kier molecular flexibility index (Phi) is 12.6. The van der Waals surface area contributed by atoms with Gasteiger partial charge in [0.25, 0.3) is 5.91 Å². The number of nitrogens with zero attached hydrogens (tertiary/aromatic N) is 7. The summed E-state index contributed by atoms with van der Waals surface area (Å²) >= 11 is 0. The lowest BCUT2D eigenvalue weighted by Gasteiger charge is -2.57. The lowest BCUT2D eigenvalue weighted by molar-refractivity contribution is -0.121. The van der Waals surface area contributed by atoms with E-state index in [4.69, 9.17) is 9.72 Å². The number of fused-ring (bicyclic) bond motifs is 1. The van der Waals surface area contributed by atoms with Gasteiger partial charge in [0.1, 0.15) is 23.3 Å². The highest BCUT2D eigenvalue weighted by molar-refractivity contribution is 6.06. The van der Waals surface area contributed by atoms with Gasteiger partial charge in [-0.2, -0.15) is 4.98 Å². The number of aliphatic hydroxyl groups is 1. The van der Waals surface area contributed by atoms with Crippen molar-refractivity contribution in [3.05, 3.63) is 54.0 Å². The van der Waals surface area contributed by atoms with Crippen molar-refractivity contribution in [2.45, 2.75) is 108 Å². The number of rotatable bonds is 13. The third-order valence-corrected chi connectivity index (χ3v) is 15.2. The fourth-order valence-corrected chi connectivity index (χ4v) is 11.5. The number of aliphatic hydroxyl groups excluding tert-OH is 1. The zero-order chi connectivity index (χ0) is 45.5. The summed E-state index contributed by atoms with van der Waals surface area (Å²) in [5.74, 6) is 1.28. The van der Waals surface area contributed by atoms with Crippen LogP contribution in [-0.4, -0.2) is 121 Å². The van der Waals surface area contributed by atoms with Crippen LogP contribution in [0.15, 0.2) is 42.6 Å². The Morgan fingerprint density at radius 3 is 2.42 bits per heavy atom. The Hall–Kier alpha value is -5.55. The number of nitrogens with one attached hydrogen (secondary N) is 3. The first kappa shape index (κ1) is 44.6. The predicted molar refractivity (Wildman–Crippen MR) is 247 cm³/mol. The highest BCUT2D eigenvalue weighted by Crippen LogP contribution is 2.49. The van der Waals surface area contributed by atoms with Crippen molar-refractivity contribution in [1.82, 2.24) is 25.5 Å². The molecule has 4 aliphatic heterocycles. The van der Waals surface area contributed by atoms with Gasteiger partial charge in [0.2, 0.25) is 17.8 Å². The third kappa shape index (κ3) is 8.93. The minimum atomic E-state index is -0.524. The van der Waals surface area contributed by atoms with Crippen LogP contribution in [0.1, 0.15) is 101 Å². The number of anilines is 6. The van der Waals surface area contributed by atoms with E-state index in [-0.39, 0.29) is 60.6 Å². The van der Waals surface area contributed by atoms with Crippen LogP contribution in [0.25, 0.3) is 0 Å². The van der Waals surface area contributed by atoms with E-state index in [1.165, 1.54) is 11.0 Å². The Bertz CT molecular complexity index is 2280. The molecule has 5 amide bonds. The number of hydrogen-bond acceptors (Lipinski definition) is 12. The number of urea groups is 1. The average Bonchev–Trinajstić information content (AvgIpc) is 3.83. The van der Waals surface area contributed by atoms with Gasteiger partial charge in [0.15, 0.2) is 5.82 Å². The number of carbonyl (C=O) groups is 4. The molecule has 9 rings (SSSR count). The minimum absolute atomic E-state index is 0.0159. The van der Waals surface area contributed by atoms with Gasteiger partial charge in [-0.15, -0.1) is 0 Å². The van der Waals surface area contributed by atoms with Gasteiger partial charge in [-0.1, -0.05) is 19.8 Å². The summed E-state index contributed by atoms with van der Waals surface area (Å²) in [5, 5.41) is 19.1. The summed E-state index contributed by atoms with van der Waals surface area (Å²) in [7, 11) is 3.35. The molecular formula is C48H63FN10O6. The van der Waals surface area contributed by atoms with E-state index in [9.17, 15) is 24.3 Å². The molecule has 1 atom stereocenters. The number of hydrogen-bond donors (Lipinski definition) is 4. The number of imide groups is 1. The van der Waals surface area contributed by atoms with Crippen molar-refractivity contribution < 1.29 is 33.4 Å². The number of amides is 5. The molecule has 1 spiro atoms. The second-order valence-electron chi connectivity index (χ2n) is 19.3. The molecule has 65 heavy (non-hydrogen) atoms. The Morgan fingerprint density at radius 2 is 1.74 bits per heavy atom. The molecule has 0 radical (unpaired) electrons. The first-order valence-electron chi connectivity index (χ1n) is 23.6. The maximum absolute atomic E-state index is 15.3. The third-order valence-electron chi connectivity index (χ3n) is 15.2. The summed E-state index contributed by atoms with van der Waals surface area (Å²) in [6.07, 6.45) is 12.8. The fraction of sp³-hybridized carbons (Fsp3) is 0.583. The average molecular weight is 895 g/mol. The molecule has 2 saturated carbocycles. The standard InChI is InChI=1S/C48H63FN10O6/c1-4-37-44(63)55(2)39-27-50-45(53-42(39)59(37)33-7-5-6-8-33)51-36-11-9-32(25-40(36)65-3)43(62)54-48(20-24-60)18-16-47(17-19-48)29-56(30-47)28-31-13-21-57(22-14-31)38-12-10-34(26-35(38)49)58-23-15-41(61)52-46(58)64/h9-12,25-27,31,33,37,60H,4-8,13-24,28-30H2,1-3H3,(H,54,62)(H,50,51,53)(H,52,61,64)/t37-/m1/s1.